The van der Waals surface area contributed by atoms with Gasteiger partial charge in [0.25, 0.3) is 0 Å². The molecule has 0 amide bonds. The van der Waals surface area contributed by atoms with Gasteiger partial charge >= 0.3 is 0 Å². The molecule has 2 aromatic carbocycles. The van der Waals surface area contributed by atoms with Crippen LogP contribution in [0.2, 0.25) is 20.1 Å². The molecule has 0 saturated heterocycles. The fourth-order valence-electron chi connectivity index (χ4n) is 2.37. The number of hydrogen-bond donors (Lipinski definition) is 1. The zero-order valence-corrected chi connectivity index (χ0v) is 13.9. The molecular weight excluding hydrogens is 352 g/mol. The molecule has 2 nitrogen and oxygen atoms in total. The fraction of sp³-hybridized carbons (Fsp3) is 0.200. The SMILES string of the molecule is Clc1cc(Cl)c(NCc2cc(Cl)cc3c2OCC3)c(Cl)c1. The highest BCUT2D eigenvalue weighted by molar-refractivity contribution is 6.41. The Morgan fingerprint density at radius 2 is 1.62 bits per heavy atom. The van der Waals surface area contributed by atoms with Crippen molar-refractivity contribution < 1.29 is 4.74 Å². The van der Waals surface area contributed by atoms with Crippen molar-refractivity contribution in [1.82, 2.24) is 0 Å². The molecule has 0 radical (unpaired) electrons. The van der Waals surface area contributed by atoms with Gasteiger partial charge < -0.3 is 10.1 Å². The lowest BCUT2D eigenvalue weighted by atomic mass is 10.1. The second kappa shape index (κ2) is 6.13. The van der Waals surface area contributed by atoms with Crippen LogP contribution in [0.25, 0.3) is 0 Å². The second-order valence-corrected chi connectivity index (χ2v) is 6.44. The molecule has 1 N–H and O–H groups in total. The van der Waals surface area contributed by atoms with Gasteiger partial charge in [-0.25, -0.2) is 0 Å². The van der Waals surface area contributed by atoms with Crippen LogP contribution in [-0.2, 0) is 13.0 Å². The Labute approximate surface area is 142 Å². The zero-order chi connectivity index (χ0) is 15.0. The quantitative estimate of drug-likeness (QED) is 0.739. The van der Waals surface area contributed by atoms with Gasteiger partial charge in [0.1, 0.15) is 5.75 Å². The monoisotopic (exact) mass is 361 g/mol. The lowest BCUT2D eigenvalue weighted by Crippen LogP contribution is -2.03. The molecule has 6 heteroatoms. The lowest BCUT2D eigenvalue weighted by molar-refractivity contribution is 0.354. The second-order valence-electron chi connectivity index (χ2n) is 4.75. The molecule has 0 aromatic heterocycles. The van der Waals surface area contributed by atoms with Gasteiger partial charge in [-0.1, -0.05) is 46.4 Å². The number of ether oxygens (including phenoxy) is 1. The molecule has 1 aliphatic rings. The summed E-state index contributed by atoms with van der Waals surface area (Å²) < 4.78 is 5.67. The Kier molecular flexibility index (Phi) is 4.41. The van der Waals surface area contributed by atoms with Crippen LogP contribution in [-0.4, -0.2) is 6.61 Å². The van der Waals surface area contributed by atoms with Crippen LogP contribution in [0.4, 0.5) is 5.69 Å². The summed E-state index contributed by atoms with van der Waals surface area (Å²) in [7, 11) is 0. The minimum absolute atomic E-state index is 0.479. The summed E-state index contributed by atoms with van der Waals surface area (Å²) in [5.41, 5.74) is 2.76. The summed E-state index contributed by atoms with van der Waals surface area (Å²) in [6, 6.07) is 7.12. The standard InChI is InChI=1S/C15H11Cl4NO/c16-10-3-8-1-2-21-15(8)9(4-10)7-20-14-12(18)5-11(17)6-13(14)19/h3-6,20H,1-2,7H2. The van der Waals surface area contributed by atoms with E-state index in [-0.39, 0.29) is 0 Å². The van der Waals surface area contributed by atoms with Crippen LogP contribution < -0.4 is 10.1 Å². The first-order valence-corrected chi connectivity index (χ1v) is 7.88. The molecule has 1 heterocycles. The fourth-order valence-corrected chi connectivity index (χ4v) is 3.59. The average molecular weight is 363 g/mol. The van der Waals surface area contributed by atoms with Crippen LogP contribution in [0.1, 0.15) is 11.1 Å². The topological polar surface area (TPSA) is 21.3 Å². The van der Waals surface area contributed by atoms with Gasteiger partial charge in [0.15, 0.2) is 0 Å². The highest BCUT2D eigenvalue weighted by atomic mass is 35.5. The average Bonchev–Trinajstić information content (AvgIpc) is 2.85. The Morgan fingerprint density at radius 3 is 2.33 bits per heavy atom. The van der Waals surface area contributed by atoms with E-state index in [1.807, 2.05) is 12.1 Å². The van der Waals surface area contributed by atoms with Crippen LogP contribution in [0.3, 0.4) is 0 Å². The number of halogens is 4. The van der Waals surface area contributed by atoms with E-state index in [0.717, 1.165) is 23.3 Å². The maximum atomic E-state index is 6.16. The van der Waals surface area contributed by atoms with Crippen molar-refractivity contribution >= 4 is 52.1 Å². The van der Waals surface area contributed by atoms with E-state index in [2.05, 4.69) is 5.32 Å². The predicted molar refractivity (Wildman–Crippen MR) is 89.4 cm³/mol. The largest absolute Gasteiger partial charge is 0.493 e. The highest BCUT2D eigenvalue weighted by Gasteiger charge is 2.18. The van der Waals surface area contributed by atoms with Crippen LogP contribution in [0.5, 0.6) is 5.75 Å². The first-order chi connectivity index (χ1) is 10.0. The van der Waals surface area contributed by atoms with Crippen molar-refractivity contribution in [3.8, 4) is 5.75 Å². The van der Waals surface area contributed by atoms with Gasteiger partial charge in [-0.2, -0.15) is 0 Å². The maximum absolute atomic E-state index is 6.16. The van der Waals surface area contributed by atoms with Gasteiger partial charge in [0.2, 0.25) is 0 Å². The van der Waals surface area contributed by atoms with Gasteiger partial charge in [0, 0.05) is 28.6 Å². The molecule has 110 valence electrons. The molecule has 0 bridgehead atoms. The molecule has 3 rings (SSSR count). The van der Waals surface area contributed by atoms with E-state index in [1.54, 1.807) is 12.1 Å². The maximum Gasteiger partial charge on any atom is 0.127 e. The summed E-state index contributed by atoms with van der Waals surface area (Å²) in [6.07, 6.45) is 0.880. The summed E-state index contributed by atoms with van der Waals surface area (Å²) in [5, 5.41) is 5.38. The predicted octanol–water partition coefficient (Wildman–Crippen LogP) is 5.85. The van der Waals surface area contributed by atoms with E-state index < -0.39 is 0 Å². The molecule has 0 atom stereocenters. The molecule has 0 aliphatic carbocycles. The summed E-state index contributed by atoms with van der Waals surface area (Å²) >= 11 is 24.4. The Bertz CT molecular complexity index is 679. The van der Waals surface area contributed by atoms with Crippen molar-refractivity contribution in [2.24, 2.45) is 0 Å². The van der Waals surface area contributed by atoms with E-state index >= 15 is 0 Å². The number of fused-ring (bicyclic) bond motifs is 1. The molecular formula is C15H11Cl4NO. The number of nitrogens with one attached hydrogen (secondary N) is 1. The van der Waals surface area contributed by atoms with Gasteiger partial charge in [-0.05, 0) is 29.8 Å². The first kappa shape index (κ1) is 15.1. The van der Waals surface area contributed by atoms with E-state index in [9.17, 15) is 0 Å². The van der Waals surface area contributed by atoms with Gasteiger partial charge in [-0.3, -0.25) is 0 Å². The molecule has 1 aliphatic heterocycles. The summed E-state index contributed by atoms with van der Waals surface area (Å²) in [6.45, 7) is 1.20. The zero-order valence-electron chi connectivity index (χ0n) is 10.9. The summed E-state index contributed by atoms with van der Waals surface area (Å²) in [4.78, 5) is 0. The molecule has 0 unspecified atom stereocenters. The number of benzene rings is 2. The lowest BCUT2D eigenvalue weighted by Gasteiger charge is -2.13. The molecule has 0 spiro atoms. The van der Waals surface area contributed by atoms with E-state index in [4.69, 9.17) is 51.1 Å². The Balaban J connectivity index is 1.86. The van der Waals surface area contributed by atoms with Crippen molar-refractivity contribution in [3.05, 3.63) is 55.5 Å². The van der Waals surface area contributed by atoms with Crippen LogP contribution in [0.15, 0.2) is 24.3 Å². The third-order valence-corrected chi connectivity index (χ3v) is 4.32. The van der Waals surface area contributed by atoms with Crippen LogP contribution >= 0.6 is 46.4 Å². The van der Waals surface area contributed by atoms with Gasteiger partial charge in [0.05, 0.1) is 22.3 Å². The number of anilines is 1. The third kappa shape index (κ3) is 3.19. The van der Waals surface area contributed by atoms with Gasteiger partial charge in [-0.15, -0.1) is 0 Å². The Hall–Kier alpha value is -0.800. The van der Waals surface area contributed by atoms with E-state index in [0.29, 0.717) is 38.9 Å². The van der Waals surface area contributed by atoms with Crippen molar-refractivity contribution in [1.29, 1.82) is 0 Å². The molecule has 2 aromatic rings. The minimum atomic E-state index is 0.479. The molecule has 0 fully saturated rings. The van der Waals surface area contributed by atoms with Crippen LogP contribution in [0, 0.1) is 0 Å². The highest BCUT2D eigenvalue weighted by Crippen LogP contribution is 2.36. The third-order valence-electron chi connectivity index (χ3n) is 3.29. The van der Waals surface area contributed by atoms with Crippen molar-refractivity contribution in [3.63, 3.8) is 0 Å². The first-order valence-electron chi connectivity index (χ1n) is 6.37. The minimum Gasteiger partial charge on any atom is -0.493 e. The molecule has 0 saturated carbocycles. The molecule has 21 heavy (non-hydrogen) atoms. The van der Waals surface area contributed by atoms with E-state index in [1.165, 1.54) is 0 Å². The Morgan fingerprint density at radius 1 is 0.952 bits per heavy atom. The smallest absolute Gasteiger partial charge is 0.127 e. The van der Waals surface area contributed by atoms with Crippen molar-refractivity contribution in [2.45, 2.75) is 13.0 Å². The van der Waals surface area contributed by atoms with Crippen molar-refractivity contribution in [2.75, 3.05) is 11.9 Å². The number of hydrogen-bond acceptors (Lipinski definition) is 2. The normalized spacial score (nSPS) is 13.0. The summed E-state index contributed by atoms with van der Waals surface area (Å²) in [5.74, 6) is 0.896. The number of rotatable bonds is 3.